The van der Waals surface area contributed by atoms with Gasteiger partial charge in [-0.2, -0.15) is 5.10 Å². The fraction of sp³-hybridized carbons (Fsp3) is 0.667. The van der Waals surface area contributed by atoms with Crippen molar-refractivity contribution in [2.45, 2.75) is 31.8 Å². The molecule has 1 N–H and O–H groups in total. The first-order valence-corrected chi connectivity index (χ1v) is 6.21. The molecule has 1 aliphatic rings. The molecule has 0 radical (unpaired) electrons. The summed E-state index contributed by atoms with van der Waals surface area (Å²) in [6.07, 6.45) is 7.05. The van der Waals surface area contributed by atoms with Crippen molar-refractivity contribution in [1.29, 1.82) is 0 Å². The van der Waals surface area contributed by atoms with Crippen molar-refractivity contribution in [1.82, 2.24) is 20.0 Å². The lowest BCUT2D eigenvalue weighted by Crippen LogP contribution is -2.37. The third-order valence-electron chi connectivity index (χ3n) is 3.06. The standard InChI is InChI=1S/C12H20N4O/c1-15(11-4-5-11)12(17)10-13-6-2-8-16-9-3-7-14-16/h3,7,9,11,13H,2,4-6,8,10H2,1H3. The largest absolute Gasteiger partial charge is 0.342 e. The second kappa shape index (κ2) is 5.82. The second-order valence-corrected chi connectivity index (χ2v) is 4.54. The number of nitrogens with one attached hydrogen (secondary N) is 1. The van der Waals surface area contributed by atoms with Crippen LogP contribution in [-0.4, -0.2) is 46.8 Å². The van der Waals surface area contributed by atoms with E-state index in [4.69, 9.17) is 0 Å². The summed E-state index contributed by atoms with van der Waals surface area (Å²) >= 11 is 0. The van der Waals surface area contributed by atoms with E-state index in [1.165, 1.54) is 12.8 Å². The van der Waals surface area contributed by atoms with Crippen LogP contribution >= 0.6 is 0 Å². The van der Waals surface area contributed by atoms with Gasteiger partial charge in [-0.05, 0) is 31.9 Å². The fourth-order valence-electron chi connectivity index (χ4n) is 1.78. The van der Waals surface area contributed by atoms with Crippen molar-refractivity contribution in [3.63, 3.8) is 0 Å². The number of aryl methyl sites for hydroxylation is 1. The third kappa shape index (κ3) is 3.85. The molecule has 0 unspecified atom stereocenters. The summed E-state index contributed by atoms with van der Waals surface area (Å²) in [6, 6.07) is 2.43. The van der Waals surface area contributed by atoms with Crippen LogP contribution in [0.1, 0.15) is 19.3 Å². The number of rotatable bonds is 7. The van der Waals surface area contributed by atoms with Gasteiger partial charge in [0.05, 0.1) is 6.54 Å². The SMILES string of the molecule is CN(C(=O)CNCCCn1cccn1)C1CC1. The van der Waals surface area contributed by atoms with Gasteiger partial charge in [0.1, 0.15) is 0 Å². The lowest BCUT2D eigenvalue weighted by Gasteiger charge is -2.16. The summed E-state index contributed by atoms with van der Waals surface area (Å²) < 4.78 is 1.90. The van der Waals surface area contributed by atoms with Gasteiger partial charge in [-0.15, -0.1) is 0 Å². The molecular formula is C12H20N4O. The summed E-state index contributed by atoms with van der Waals surface area (Å²) in [6.45, 7) is 2.20. The monoisotopic (exact) mass is 236 g/mol. The topological polar surface area (TPSA) is 50.2 Å². The zero-order chi connectivity index (χ0) is 12.1. The van der Waals surface area contributed by atoms with Gasteiger partial charge in [-0.3, -0.25) is 9.48 Å². The van der Waals surface area contributed by atoms with Crippen LogP contribution in [0.3, 0.4) is 0 Å². The summed E-state index contributed by atoms with van der Waals surface area (Å²) in [5.41, 5.74) is 0. The van der Waals surface area contributed by atoms with Crippen molar-refractivity contribution >= 4 is 5.91 Å². The Bertz CT molecular complexity index is 345. The summed E-state index contributed by atoms with van der Waals surface area (Å²) in [5, 5.41) is 7.30. The number of carbonyl (C=O) groups is 1. The molecule has 0 aromatic carbocycles. The number of carbonyl (C=O) groups excluding carboxylic acids is 1. The van der Waals surface area contributed by atoms with E-state index in [-0.39, 0.29) is 5.91 Å². The van der Waals surface area contributed by atoms with E-state index in [2.05, 4.69) is 10.4 Å². The predicted molar refractivity (Wildman–Crippen MR) is 65.5 cm³/mol. The van der Waals surface area contributed by atoms with E-state index >= 15 is 0 Å². The van der Waals surface area contributed by atoms with Gasteiger partial charge in [0.25, 0.3) is 0 Å². The molecule has 2 rings (SSSR count). The molecule has 1 fully saturated rings. The molecular weight excluding hydrogens is 216 g/mol. The average Bonchev–Trinajstić information content (AvgIpc) is 3.05. The van der Waals surface area contributed by atoms with Crippen LogP contribution in [0.4, 0.5) is 0 Å². The molecule has 1 aromatic heterocycles. The molecule has 5 nitrogen and oxygen atoms in total. The number of hydrogen-bond acceptors (Lipinski definition) is 3. The normalized spacial score (nSPS) is 14.9. The van der Waals surface area contributed by atoms with E-state index in [0.29, 0.717) is 12.6 Å². The maximum Gasteiger partial charge on any atom is 0.236 e. The van der Waals surface area contributed by atoms with Gasteiger partial charge in [0.15, 0.2) is 0 Å². The van der Waals surface area contributed by atoms with Crippen LogP contribution in [0, 0.1) is 0 Å². The Hall–Kier alpha value is -1.36. The summed E-state index contributed by atoms with van der Waals surface area (Å²) in [5.74, 6) is 0.201. The van der Waals surface area contributed by atoms with Crippen LogP contribution < -0.4 is 5.32 Å². The minimum Gasteiger partial charge on any atom is -0.342 e. The fourth-order valence-corrected chi connectivity index (χ4v) is 1.78. The lowest BCUT2D eigenvalue weighted by molar-refractivity contribution is -0.129. The number of amides is 1. The first-order chi connectivity index (χ1) is 8.27. The molecule has 1 aliphatic carbocycles. The average molecular weight is 236 g/mol. The Morgan fingerprint density at radius 2 is 2.41 bits per heavy atom. The summed E-state index contributed by atoms with van der Waals surface area (Å²) in [7, 11) is 1.89. The number of aromatic nitrogens is 2. The lowest BCUT2D eigenvalue weighted by atomic mass is 10.4. The quantitative estimate of drug-likeness (QED) is 0.701. The zero-order valence-corrected chi connectivity index (χ0v) is 10.3. The third-order valence-corrected chi connectivity index (χ3v) is 3.06. The van der Waals surface area contributed by atoms with Crippen LogP contribution in [0.2, 0.25) is 0 Å². The van der Waals surface area contributed by atoms with E-state index < -0.39 is 0 Å². The molecule has 1 amide bonds. The molecule has 17 heavy (non-hydrogen) atoms. The van der Waals surface area contributed by atoms with Crippen LogP contribution in [0.5, 0.6) is 0 Å². The van der Waals surface area contributed by atoms with E-state index in [1.807, 2.05) is 28.9 Å². The van der Waals surface area contributed by atoms with Crippen LogP contribution in [0.25, 0.3) is 0 Å². The maximum atomic E-state index is 11.7. The first-order valence-electron chi connectivity index (χ1n) is 6.21. The van der Waals surface area contributed by atoms with Crippen molar-refractivity contribution in [3.8, 4) is 0 Å². The zero-order valence-electron chi connectivity index (χ0n) is 10.3. The predicted octanol–water partition coefficient (Wildman–Crippen LogP) is 0.484. The highest BCUT2D eigenvalue weighted by Gasteiger charge is 2.28. The molecule has 0 saturated heterocycles. The van der Waals surface area contributed by atoms with Crippen molar-refractivity contribution in [2.75, 3.05) is 20.1 Å². The van der Waals surface area contributed by atoms with Gasteiger partial charge >= 0.3 is 0 Å². The molecule has 0 aliphatic heterocycles. The van der Waals surface area contributed by atoms with Crippen LogP contribution in [0.15, 0.2) is 18.5 Å². The van der Waals surface area contributed by atoms with Gasteiger partial charge < -0.3 is 10.2 Å². The molecule has 0 atom stereocenters. The Balaban J connectivity index is 1.52. The molecule has 1 saturated carbocycles. The Labute approximate surface area is 102 Å². The first kappa shape index (κ1) is 12.1. The highest BCUT2D eigenvalue weighted by atomic mass is 16.2. The van der Waals surface area contributed by atoms with Crippen molar-refractivity contribution < 1.29 is 4.79 Å². The van der Waals surface area contributed by atoms with Gasteiger partial charge in [-0.1, -0.05) is 0 Å². The minimum absolute atomic E-state index is 0.201. The number of likely N-dealkylation sites (N-methyl/N-ethyl adjacent to an activating group) is 1. The van der Waals surface area contributed by atoms with Crippen LogP contribution in [-0.2, 0) is 11.3 Å². The molecule has 1 heterocycles. The number of nitrogens with zero attached hydrogens (tertiary/aromatic N) is 3. The molecule has 94 valence electrons. The van der Waals surface area contributed by atoms with E-state index in [9.17, 15) is 4.79 Å². The van der Waals surface area contributed by atoms with Gasteiger partial charge in [-0.25, -0.2) is 0 Å². The van der Waals surface area contributed by atoms with Crippen molar-refractivity contribution in [3.05, 3.63) is 18.5 Å². The Kier molecular flexibility index (Phi) is 4.14. The van der Waals surface area contributed by atoms with Crippen molar-refractivity contribution in [2.24, 2.45) is 0 Å². The molecule has 0 spiro atoms. The maximum absolute atomic E-state index is 11.7. The highest BCUT2D eigenvalue weighted by molar-refractivity contribution is 5.78. The van der Waals surface area contributed by atoms with E-state index in [0.717, 1.165) is 19.5 Å². The Morgan fingerprint density at radius 1 is 1.59 bits per heavy atom. The summed E-state index contributed by atoms with van der Waals surface area (Å²) in [4.78, 5) is 13.5. The second-order valence-electron chi connectivity index (χ2n) is 4.54. The smallest absolute Gasteiger partial charge is 0.236 e. The molecule has 5 heteroatoms. The van der Waals surface area contributed by atoms with Gasteiger partial charge in [0.2, 0.25) is 5.91 Å². The number of hydrogen-bond donors (Lipinski definition) is 1. The molecule has 1 aromatic rings. The Morgan fingerprint density at radius 3 is 3.06 bits per heavy atom. The molecule has 0 bridgehead atoms. The highest BCUT2D eigenvalue weighted by Crippen LogP contribution is 2.24. The minimum atomic E-state index is 0.201. The van der Waals surface area contributed by atoms with Gasteiger partial charge in [0, 0.05) is 32.0 Å². The van der Waals surface area contributed by atoms with E-state index in [1.54, 1.807) is 6.20 Å².